The van der Waals surface area contributed by atoms with Crippen LogP contribution in [0.3, 0.4) is 0 Å². The van der Waals surface area contributed by atoms with Gasteiger partial charge in [0, 0.05) is 103 Å². The summed E-state index contributed by atoms with van der Waals surface area (Å²) in [6.45, 7) is 5.39. The van der Waals surface area contributed by atoms with Crippen LogP contribution in [0.5, 0.6) is 11.5 Å². The number of nitrogens with two attached hydrogens (primary N) is 2. The Balaban J connectivity index is 0.000000183. The third-order valence-electron chi connectivity index (χ3n) is 15.4. The molecule has 6 aliphatic rings. The minimum Gasteiger partial charge on any atom is -0.748 e. The van der Waals surface area contributed by atoms with Crippen molar-refractivity contribution in [1.82, 2.24) is 29.4 Å². The van der Waals surface area contributed by atoms with Gasteiger partial charge in [-0.3, -0.25) is 14.2 Å². The molecule has 0 bridgehead atoms. The summed E-state index contributed by atoms with van der Waals surface area (Å²) in [6.07, 6.45) is 12.0. The molecule has 0 unspecified atom stereocenters. The molecule has 0 aliphatic carbocycles. The van der Waals surface area contributed by atoms with E-state index in [0.717, 1.165) is 37.2 Å². The smallest absolute Gasteiger partial charge is 0.320 e. The highest BCUT2D eigenvalue weighted by molar-refractivity contribution is 7.99. The van der Waals surface area contributed by atoms with Gasteiger partial charge in [0.2, 0.25) is 17.2 Å². The van der Waals surface area contributed by atoms with Gasteiger partial charge in [-0.2, -0.15) is 21.7 Å². The standard InChI is InChI=1S/C31H31N2O.C24H40N8O8S2.CH4O3S/c1-2-8-20(9-3-1)27-25-18-21-10-4-14-32-16-6-12-23(28(21)32)30(25)34-31-24-13-7-17-33-15-5-11-22(29(24)33)19-26(27)31;1-42(38,39)11-5-3-2-4-6-16(33)27-8-9-28-24-30-20(26)17-21(31-24)32(13-29-17)22-19(35)18(34)15(40-22)12-41-10-7-14(25)23(36)37;1-5(2,3)4/h1-3,8-9,18-19H,4-7,10-17H2;13-15,18-19,22,34-35H,2-12,25H2,1H3,(H,27,33)(H,36,37)(H3,26,28,30,31);1H3,(H,2,3,4)/q+1;;/p-1/t;14-,15+,18+,19+,22+;/m.0./s1. The number of aromatic nitrogens is 4. The van der Waals surface area contributed by atoms with E-state index >= 15 is 0 Å². The molecule has 5 atom stereocenters. The van der Waals surface area contributed by atoms with E-state index in [1.165, 1.54) is 149 Å². The van der Waals surface area contributed by atoms with Crippen molar-refractivity contribution in [3.05, 3.63) is 92.7 Å². The van der Waals surface area contributed by atoms with Crippen LogP contribution in [-0.4, -0.2) is 161 Å². The van der Waals surface area contributed by atoms with Crippen LogP contribution in [-0.2, 0) is 60.0 Å². The highest BCUT2D eigenvalue weighted by Crippen LogP contribution is 2.48. The fourth-order valence-electron chi connectivity index (χ4n) is 11.7. The number of aliphatic hydroxyl groups excluding tert-OH is 2. The first kappa shape index (κ1) is 59.7. The van der Waals surface area contributed by atoms with Crippen molar-refractivity contribution in [2.45, 2.75) is 120 Å². The molecule has 11 rings (SSSR count). The lowest BCUT2D eigenvalue weighted by Crippen LogP contribution is -2.45. The van der Waals surface area contributed by atoms with E-state index in [1.807, 2.05) is 0 Å². The lowest BCUT2D eigenvalue weighted by atomic mass is 9.83. The Hall–Kier alpha value is -5.93. The number of nitrogens with zero attached hydrogens (tertiary/aromatic N) is 6. The number of benzene rings is 3. The van der Waals surface area contributed by atoms with E-state index < -0.39 is 56.5 Å². The summed E-state index contributed by atoms with van der Waals surface area (Å²) in [5.41, 5.74) is 23.7. The minimum absolute atomic E-state index is 0.0936. The van der Waals surface area contributed by atoms with E-state index in [-0.39, 0.29) is 41.0 Å². The number of thioether (sulfide) groups is 1. The Morgan fingerprint density at radius 1 is 0.901 bits per heavy atom. The van der Waals surface area contributed by atoms with Gasteiger partial charge in [-0.1, -0.05) is 43.2 Å². The third kappa shape index (κ3) is 14.5. The van der Waals surface area contributed by atoms with Crippen molar-refractivity contribution >= 4 is 77.8 Å². The number of fused-ring (bicyclic) bond motifs is 5. The Morgan fingerprint density at radius 3 is 2.35 bits per heavy atom. The molecular formula is C56H74N10O12S3. The Labute approximate surface area is 476 Å². The number of nitrogen functional groups attached to an aromatic ring is 1. The molecule has 3 aromatic carbocycles. The summed E-state index contributed by atoms with van der Waals surface area (Å²) < 4.78 is 66.6. The van der Waals surface area contributed by atoms with Crippen LogP contribution in [0, 0.1) is 0 Å². The molecule has 6 aliphatic heterocycles. The lowest BCUT2D eigenvalue weighted by molar-refractivity contribution is -0.138. The van der Waals surface area contributed by atoms with Gasteiger partial charge in [-0.25, -0.2) is 26.4 Å². The second-order valence-electron chi connectivity index (χ2n) is 21.6. The number of nitrogens with one attached hydrogen (secondary N) is 2. The van der Waals surface area contributed by atoms with Gasteiger partial charge >= 0.3 is 5.97 Å². The fourth-order valence-corrected chi connectivity index (χ4v) is 13.6. The Bertz CT molecular complexity index is 3480. The predicted octanol–water partition coefficient (Wildman–Crippen LogP) is 2.37. The van der Waals surface area contributed by atoms with E-state index in [1.54, 1.807) is 0 Å². The van der Waals surface area contributed by atoms with Crippen molar-refractivity contribution in [3.63, 3.8) is 0 Å². The van der Waals surface area contributed by atoms with Gasteiger partial charge in [0.1, 0.15) is 58.2 Å². The highest BCUT2D eigenvalue weighted by atomic mass is 32.2. The monoisotopic (exact) mass is 1170 g/mol. The summed E-state index contributed by atoms with van der Waals surface area (Å²) >= 11 is 1.36. The largest absolute Gasteiger partial charge is 0.748 e. The average Bonchev–Trinajstić information content (AvgIpc) is 3.81. The second kappa shape index (κ2) is 26.1. The van der Waals surface area contributed by atoms with Crippen molar-refractivity contribution in [1.29, 1.82) is 0 Å². The van der Waals surface area contributed by atoms with Gasteiger partial charge in [0.05, 0.1) is 28.1 Å². The molecule has 8 heterocycles. The van der Waals surface area contributed by atoms with Gasteiger partial charge < -0.3 is 56.3 Å². The zero-order valence-corrected chi connectivity index (χ0v) is 48.3. The fraction of sp³-hybridized carbons (Fsp3) is 0.536. The number of unbranched alkanes of at least 4 members (excludes halogenated alkanes) is 3. The zero-order valence-electron chi connectivity index (χ0n) is 45.8. The number of carboxylic acids is 1. The molecule has 81 heavy (non-hydrogen) atoms. The number of ether oxygens (including phenoxy) is 2. The maximum absolute atomic E-state index is 12.1. The summed E-state index contributed by atoms with van der Waals surface area (Å²) in [7, 11) is -6.87. The number of imidazole rings is 1. The number of carbonyl (C=O) groups is 2. The number of amides is 1. The number of hydrogen-bond donors (Lipinski definition) is 7. The molecule has 1 fully saturated rings. The quantitative estimate of drug-likeness (QED) is 0.0348. The topological polar surface area (TPSA) is 331 Å². The van der Waals surface area contributed by atoms with Crippen LogP contribution >= 0.6 is 11.8 Å². The third-order valence-corrected chi connectivity index (χ3v) is 17.5. The number of anilines is 3. The van der Waals surface area contributed by atoms with Gasteiger partial charge in [0.15, 0.2) is 17.7 Å². The number of aliphatic carboxylic acids is 1. The van der Waals surface area contributed by atoms with Crippen molar-refractivity contribution in [2.24, 2.45) is 5.73 Å². The maximum atomic E-state index is 12.1. The molecule has 22 nitrogen and oxygen atoms in total. The van der Waals surface area contributed by atoms with Crippen molar-refractivity contribution in [3.8, 4) is 11.5 Å². The first-order chi connectivity index (χ1) is 38.7. The Morgan fingerprint density at radius 2 is 1.60 bits per heavy atom. The number of aliphatic hydroxyl groups is 2. The normalized spacial score (nSPS) is 20.0. The maximum Gasteiger partial charge on any atom is 0.320 e. The number of carboxylic acid groups (broad SMARTS) is 1. The van der Waals surface area contributed by atoms with Crippen molar-refractivity contribution < 1.29 is 55.8 Å². The number of carbonyl (C=O) groups excluding carboxylic acids is 1. The molecule has 5 aromatic rings. The van der Waals surface area contributed by atoms with Crippen LogP contribution in [0.25, 0.3) is 16.7 Å². The van der Waals surface area contributed by atoms with Gasteiger partial charge in [-0.05, 0) is 86.8 Å². The molecule has 438 valence electrons. The molecule has 0 spiro atoms. The molecule has 0 radical (unpaired) electrons. The number of rotatable bonds is 19. The highest BCUT2D eigenvalue weighted by Gasteiger charge is 2.44. The first-order valence-electron chi connectivity index (χ1n) is 27.9. The van der Waals surface area contributed by atoms with Gasteiger partial charge in [0.25, 0.3) is 0 Å². The van der Waals surface area contributed by atoms with Gasteiger partial charge in [-0.15, -0.1) is 0 Å². The SMILES string of the molecule is CS(=O)(=O)CCCCCCC(=O)NCCNc1nc(N)c2ncn([C@@H]3O[C@H](CSCC[C@H](N)C(=O)O)[C@@H](O)[C@H]3O)c2n1.CS(=O)(=O)[O-].c1ccc(C2=c3cc4c5c(c3Oc3c2cc2c6c3CCCN6CCC2)CCC[N+]=5CCC4)cc1. The van der Waals surface area contributed by atoms with Crippen molar-refractivity contribution in [2.75, 3.05) is 85.0 Å². The summed E-state index contributed by atoms with van der Waals surface area (Å²) in [5, 5.41) is 38.8. The summed E-state index contributed by atoms with van der Waals surface area (Å²) in [6, 6.07) is 15.1. The molecule has 9 N–H and O–H groups in total. The summed E-state index contributed by atoms with van der Waals surface area (Å²) in [5.74, 6) is 2.30. The molecule has 1 amide bonds. The number of aryl methyl sites for hydroxylation is 2. The Kier molecular flexibility index (Phi) is 19.2. The predicted molar refractivity (Wildman–Crippen MR) is 310 cm³/mol. The van der Waals surface area contributed by atoms with E-state index in [9.17, 15) is 28.2 Å². The van der Waals surface area contributed by atoms with E-state index in [4.69, 9.17) is 39.0 Å². The average molecular weight is 1180 g/mol. The van der Waals surface area contributed by atoms with E-state index in [2.05, 4.69) is 77.5 Å². The molecule has 1 saturated heterocycles. The van der Waals surface area contributed by atoms with Crippen LogP contribution in [0.1, 0.15) is 104 Å². The van der Waals surface area contributed by atoms with Crippen LogP contribution in [0.4, 0.5) is 17.5 Å². The molecule has 25 heteroatoms. The molecule has 0 saturated carbocycles. The summed E-state index contributed by atoms with van der Waals surface area (Å²) in [4.78, 5) is 38.4. The number of sulfone groups is 1. The minimum atomic E-state index is -3.92. The molecular weight excluding hydrogens is 1100 g/mol. The zero-order chi connectivity index (χ0) is 57.6. The lowest BCUT2D eigenvalue weighted by Gasteiger charge is -2.39. The number of hydrogen-bond acceptors (Lipinski definition) is 19. The first-order valence-corrected chi connectivity index (χ1v) is 32.9. The second-order valence-corrected chi connectivity index (χ2v) is 26.4. The van der Waals surface area contributed by atoms with Crippen LogP contribution in [0.2, 0.25) is 0 Å². The van der Waals surface area contributed by atoms with Crippen LogP contribution < -0.4 is 46.9 Å². The molecule has 2 aromatic heterocycles. The van der Waals surface area contributed by atoms with Crippen LogP contribution in [0.15, 0.2) is 48.8 Å². The van der Waals surface area contributed by atoms with E-state index in [0.29, 0.717) is 50.1 Å².